The molecule has 0 aliphatic heterocycles. The van der Waals surface area contributed by atoms with Crippen LogP contribution in [0.1, 0.15) is 154 Å². The van der Waals surface area contributed by atoms with E-state index in [1.807, 2.05) is 45.9 Å². The summed E-state index contributed by atoms with van der Waals surface area (Å²) in [6, 6.07) is 48.8. The van der Waals surface area contributed by atoms with Crippen molar-refractivity contribution in [3.63, 3.8) is 0 Å². The molecule has 0 unspecified atom stereocenters. The molecule has 0 aliphatic rings. The molecule has 0 heterocycles. The van der Waals surface area contributed by atoms with Crippen LogP contribution >= 0.6 is 0 Å². The third-order valence-electron chi connectivity index (χ3n) is 12.0. The van der Waals surface area contributed by atoms with E-state index in [0.29, 0.717) is 0 Å². The maximum atomic E-state index is 3.95. The lowest BCUT2D eigenvalue weighted by atomic mass is 9.98. The molecular weight excluding hydrogens is 901 g/mol. The first-order valence-corrected chi connectivity index (χ1v) is 26.4. The summed E-state index contributed by atoms with van der Waals surface area (Å²) in [7, 11) is 0. The average Bonchev–Trinajstić information content (AvgIpc) is 3.33. The molecule has 0 N–H and O–H groups in total. The summed E-state index contributed by atoms with van der Waals surface area (Å²) in [6.45, 7) is 51.5. The molecule has 0 saturated carbocycles. The fraction of sp³-hybridized carbons (Fsp3) is 0.253. The van der Waals surface area contributed by atoms with E-state index < -0.39 is 0 Å². The van der Waals surface area contributed by atoms with Gasteiger partial charge in [0.1, 0.15) is 0 Å². The molecule has 0 radical (unpaired) electrons. The molecule has 0 fully saturated rings. The van der Waals surface area contributed by atoms with Crippen molar-refractivity contribution in [3.8, 4) is 0 Å². The van der Waals surface area contributed by atoms with Gasteiger partial charge in [0.25, 0.3) is 0 Å². The molecule has 75 heavy (non-hydrogen) atoms. The Kier molecular flexibility index (Phi) is 31.4. The van der Waals surface area contributed by atoms with Gasteiger partial charge in [0.15, 0.2) is 0 Å². The normalized spacial score (nSPS) is 10.1. The van der Waals surface area contributed by atoms with Crippen LogP contribution in [0, 0.1) is 83.1 Å². The lowest BCUT2D eigenvalue weighted by molar-refractivity contribution is 1.30. The van der Waals surface area contributed by atoms with Crippen LogP contribution in [0.4, 0.5) is 0 Å². The number of benzene rings is 7. The lowest BCUT2D eigenvalue weighted by Crippen LogP contribution is -1.88. The summed E-state index contributed by atoms with van der Waals surface area (Å²) in [6.07, 6.45) is 16.7. The zero-order valence-electron chi connectivity index (χ0n) is 50.0. The second-order valence-electron chi connectivity index (χ2n) is 19.9. The predicted octanol–water partition coefficient (Wildman–Crippen LogP) is 22.7. The van der Waals surface area contributed by atoms with Crippen molar-refractivity contribution >= 4 is 41.5 Å². The summed E-state index contributed by atoms with van der Waals surface area (Å²) in [5.74, 6) is 0. The zero-order chi connectivity index (χ0) is 56.6. The standard InChI is InChI=1S/5C11H14.2C10H12/c1-8(2)11-6-5-9(3)7-10(11)4;1-8(2)11-9(3)6-5-7-10(11)4;1-5-11-9(3)6-8(2)7-10(11)4;1-4-6-11-9(2)7-5-8-10(11)3;1-4-5-11-7-6-9(2)8-10(11)3;1-9(2)8-10-6-4-3-5-7-10;1-3-4-10-7-5-9(2)6-8-10/h3*5-7H,1H2,2-4H3;2*4-8H,1-3H3;2*3-8H,1-2H3. The highest BCUT2D eigenvalue weighted by Gasteiger charge is 2.02. The molecule has 394 valence electrons. The SMILES string of the molecule is C=C(C)c1c(C)cccc1C.C=C(C)c1ccc(C)cc1C.C=Cc1c(C)cc(C)cc1C.CC(C)=Cc1ccccc1.CC=Cc1c(C)cccc1C.CC=Cc1ccc(C)cc1.CC=Cc1ccc(C)cc1C. The van der Waals surface area contributed by atoms with Gasteiger partial charge in [-0.05, 0) is 215 Å². The molecule has 0 atom stereocenters. The predicted molar refractivity (Wildman–Crippen MR) is 345 cm³/mol. The van der Waals surface area contributed by atoms with Crippen molar-refractivity contribution in [1.29, 1.82) is 0 Å². The van der Waals surface area contributed by atoms with Gasteiger partial charge in [-0.3, -0.25) is 0 Å². The van der Waals surface area contributed by atoms with Gasteiger partial charge in [0.2, 0.25) is 0 Å². The molecule has 7 aromatic rings. The third-order valence-corrected chi connectivity index (χ3v) is 12.0. The second kappa shape index (κ2) is 35.8. The van der Waals surface area contributed by atoms with Gasteiger partial charge in [0, 0.05) is 0 Å². The van der Waals surface area contributed by atoms with Gasteiger partial charge in [-0.2, -0.15) is 0 Å². The minimum atomic E-state index is 1.14. The van der Waals surface area contributed by atoms with Gasteiger partial charge in [0.05, 0.1) is 0 Å². The van der Waals surface area contributed by atoms with E-state index in [2.05, 4.69) is 294 Å². The summed E-state index contributed by atoms with van der Waals surface area (Å²) < 4.78 is 0. The van der Waals surface area contributed by atoms with E-state index >= 15 is 0 Å². The van der Waals surface area contributed by atoms with Crippen LogP contribution in [0.5, 0.6) is 0 Å². The highest BCUT2D eigenvalue weighted by atomic mass is 14.1. The molecule has 0 aromatic heterocycles. The molecule has 7 aromatic carbocycles. The Hall–Kier alpha value is -7.28. The summed E-state index contributed by atoms with van der Waals surface area (Å²) >= 11 is 0. The monoisotopic (exact) mass is 995 g/mol. The van der Waals surface area contributed by atoms with Crippen LogP contribution in [-0.2, 0) is 0 Å². The van der Waals surface area contributed by atoms with Gasteiger partial charge in [-0.25, -0.2) is 0 Å². The third kappa shape index (κ3) is 26.0. The number of rotatable bonds is 7. The number of aryl methyl sites for hydroxylation is 12. The first-order chi connectivity index (χ1) is 35.5. The second-order valence-corrected chi connectivity index (χ2v) is 19.9. The maximum absolute atomic E-state index is 3.95. The van der Waals surface area contributed by atoms with E-state index in [1.165, 1.54) is 111 Å². The Morgan fingerprint density at radius 2 is 0.813 bits per heavy atom. The van der Waals surface area contributed by atoms with Gasteiger partial charge >= 0.3 is 0 Å². The Morgan fingerprint density at radius 1 is 0.360 bits per heavy atom. The molecule has 7 rings (SSSR count). The molecular formula is C75H94. The van der Waals surface area contributed by atoms with Gasteiger partial charge in [-0.1, -0.05) is 247 Å². The fourth-order valence-corrected chi connectivity index (χ4v) is 8.49. The Balaban J connectivity index is 0.000000438. The van der Waals surface area contributed by atoms with Crippen molar-refractivity contribution in [3.05, 3.63) is 289 Å². The average molecular weight is 996 g/mol. The lowest BCUT2D eigenvalue weighted by Gasteiger charge is -2.07. The molecule has 0 amide bonds. The first kappa shape index (κ1) is 65.7. The summed E-state index contributed by atoms with van der Waals surface area (Å²) in [4.78, 5) is 0. The fourth-order valence-electron chi connectivity index (χ4n) is 8.49. The van der Waals surface area contributed by atoms with Crippen LogP contribution in [0.15, 0.2) is 183 Å². The van der Waals surface area contributed by atoms with E-state index in [-0.39, 0.29) is 0 Å². The first-order valence-electron chi connectivity index (χ1n) is 26.4. The van der Waals surface area contributed by atoms with Crippen molar-refractivity contribution in [2.24, 2.45) is 0 Å². The zero-order valence-corrected chi connectivity index (χ0v) is 50.0. The Morgan fingerprint density at radius 3 is 1.23 bits per heavy atom. The van der Waals surface area contributed by atoms with E-state index in [1.54, 1.807) is 0 Å². The topological polar surface area (TPSA) is 0 Å². The van der Waals surface area contributed by atoms with Crippen LogP contribution in [0.2, 0.25) is 0 Å². The summed E-state index contributed by atoms with van der Waals surface area (Å²) in [5.41, 5.74) is 28.6. The summed E-state index contributed by atoms with van der Waals surface area (Å²) in [5, 5.41) is 0. The van der Waals surface area contributed by atoms with Crippen molar-refractivity contribution < 1.29 is 0 Å². The Bertz CT molecular complexity index is 2900. The van der Waals surface area contributed by atoms with Crippen LogP contribution in [-0.4, -0.2) is 0 Å². The highest BCUT2D eigenvalue weighted by molar-refractivity contribution is 5.67. The van der Waals surface area contributed by atoms with Crippen molar-refractivity contribution in [2.75, 3.05) is 0 Å². The minimum Gasteiger partial charge on any atom is -0.0985 e. The molecule has 0 heteroatoms. The van der Waals surface area contributed by atoms with Crippen LogP contribution < -0.4 is 0 Å². The smallest absolute Gasteiger partial charge is 0.0175 e. The van der Waals surface area contributed by atoms with E-state index in [9.17, 15) is 0 Å². The molecule has 0 aliphatic carbocycles. The number of hydrogen-bond donors (Lipinski definition) is 0. The molecule has 0 spiro atoms. The maximum Gasteiger partial charge on any atom is -0.0175 e. The molecule has 0 bridgehead atoms. The van der Waals surface area contributed by atoms with Crippen LogP contribution in [0.3, 0.4) is 0 Å². The number of allylic oxidation sites excluding steroid dienone is 6. The molecule has 0 nitrogen and oxygen atoms in total. The van der Waals surface area contributed by atoms with Crippen LogP contribution in [0.25, 0.3) is 41.5 Å². The minimum absolute atomic E-state index is 1.14. The quantitative estimate of drug-likeness (QED) is 0.149. The highest BCUT2D eigenvalue weighted by Crippen LogP contribution is 2.21. The Labute approximate surface area is 459 Å². The largest absolute Gasteiger partial charge is 0.0985 e. The van der Waals surface area contributed by atoms with Gasteiger partial charge in [-0.15, -0.1) is 0 Å². The number of hydrogen-bond acceptors (Lipinski definition) is 0. The molecule has 0 saturated heterocycles. The van der Waals surface area contributed by atoms with E-state index in [4.69, 9.17) is 0 Å². The van der Waals surface area contributed by atoms with E-state index in [0.717, 1.165) is 11.1 Å². The van der Waals surface area contributed by atoms with Crippen molar-refractivity contribution in [2.45, 2.75) is 132 Å². The van der Waals surface area contributed by atoms with Crippen molar-refractivity contribution in [1.82, 2.24) is 0 Å². The van der Waals surface area contributed by atoms with Gasteiger partial charge < -0.3 is 0 Å².